The lowest BCUT2D eigenvalue weighted by atomic mass is 9.73. The summed E-state index contributed by atoms with van der Waals surface area (Å²) in [6, 6.07) is -0.652. The quantitative estimate of drug-likeness (QED) is 0.157. The van der Waals surface area contributed by atoms with E-state index in [1.807, 2.05) is 74.5 Å². The molecule has 6 saturated heterocycles. The Morgan fingerprint density at radius 1 is 0.790 bits per heavy atom. The molecule has 16 nitrogen and oxygen atoms in total. The van der Waals surface area contributed by atoms with Gasteiger partial charge in [0.2, 0.25) is 0 Å². The van der Waals surface area contributed by atoms with Crippen LogP contribution < -0.4 is 5.73 Å². The molecule has 62 heavy (non-hydrogen) atoms. The number of allylic oxidation sites excluding steroid dienone is 1. The first-order valence-electron chi connectivity index (χ1n) is 23.4. The second-order valence-corrected chi connectivity index (χ2v) is 21.0. The molecule has 0 aromatic heterocycles. The summed E-state index contributed by atoms with van der Waals surface area (Å²) >= 11 is 0. The van der Waals surface area contributed by atoms with Crippen LogP contribution in [0.5, 0.6) is 0 Å². The van der Waals surface area contributed by atoms with Crippen molar-refractivity contribution < 1.29 is 77.4 Å². The minimum absolute atomic E-state index is 0.0893. The summed E-state index contributed by atoms with van der Waals surface area (Å²) in [5.41, 5.74) is 2.31. The third-order valence-electron chi connectivity index (χ3n) is 15.6. The molecule has 5 N–H and O–H groups in total. The van der Waals surface area contributed by atoms with Crippen molar-refractivity contribution in [2.45, 2.75) is 225 Å². The summed E-state index contributed by atoms with van der Waals surface area (Å²) < 4.78 is 66.1. The molecule has 0 aliphatic carbocycles. The normalized spacial score (nSPS) is 45.8. The highest BCUT2D eigenvalue weighted by Crippen LogP contribution is 2.57. The van der Waals surface area contributed by atoms with E-state index < -0.39 is 126 Å². The van der Waals surface area contributed by atoms with Crippen LogP contribution in [0.3, 0.4) is 0 Å². The molecule has 17 heteroatoms. The van der Waals surface area contributed by atoms with E-state index in [9.17, 15) is 19.8 Å². The van der Waals surface area contributed by atoms with Crippen LogP contribution in [0.15, 0.2) is 12.2 Å². The lowest BCUT2D eigenvalue weighted by Gasteiger charge is -2.52. The number of quaternary nitrogens is 1. The van der Waals surface area contributed by atoms with Crippen molar-refractivity contribution in [3.8, 4) is 0 Å². The molecule has 17 atom stereocenters. The number of esters is 3. The maximum Gasteiger partial charge on any atom is 0.536 e. The van der Waals surface area contributed by atoms with Crippen LogP contribution in [0, 0.1) is 28.6 Å². The standard InChI is InChI=1S/C45H73BNO15/c1-24(2)36(47)39(50)54-27(5)30-16-12-11-13-17-32(48)42(7,8)34-21-19-26(4)45(57-34)38-41(52)56-31-23-29(53-28(31)6)15-14-18-33(49)43(9,10)35-22-20-25(3)44(58-35)37(40(51)55-30)59-46(60-38,61-44)62-45/h11-12,24-38,48-49H,13-23,47H2,1-10H3/q-1/p+1/t25-,26-,27-,28-,29-,30+,31+,32+,33-,34+,35+,36-,37?,38?,44+,45+,46?/m1/s1. The van der Waals surface area contributed by atoms with Gasteiger partial charge in [-0.3, -0.25) is 0 Å². The Labute approximate surface area is 366 Å². The number of hydrogen-bond acceptors (Lipinski definition) is 15. The molecule has 6 fully saturated rings. The number of aliphatic hydroxyl groups is 2. The second-order valence-electron chi connectivity index (χ2n) is 21.0. The average molecular weight is 880 g/mol. The van der Waals surface area contributed by atoms with E-state index >= 15 is 4.79 Å². The van der Waals surface area contributed by atoms with Gasteiger partial charge in [0.15, 0.2) is 29.8 Å². The molecule has 0 aromatic carbocycles. The van der Waals surface area contributed by atoms with Crippen molar-refractivity contribution in [3.63, 3.8) is 0 Å². The van der Waals surface area contributed by atoms with Gasteiger partial charge in [-0.05, 0) is 71.6 Å². The van der Waals surface area contributed by atoms with E-state index in [2.05, 4.69) is 5.73 Å². The van der Waals surface area contributed by atoms with Crippen LogP contribution in [-0.4, -0.2) is 120 Å². The topological polar surface area (TPSA) is 212 Å². The Morgan fingerprint density at radius 3 is 1.90 bits per heavy atom. The van der Waals surface area contributed by atoms with E-state index in [0.29, 0.717) is 64.2 Å². The summed E-state index contributed by atoms with van der Waals surface area (Å²) in [6.07, 6.45) is -0.138. The molecular formula is C45H74BNO15. The van der Waals surface area contributed by atoms with Crippen molar-refractivity contribution >= 4 is 24.9 Å². The highest BCUT2D eigenvalue weighted by Gasteiger charge is 2.73. The first-order chi connectivity index (χ1) is 29.0. The Morgan fingerprint density at radius 2 is 1.34 bits per heavy atom. The van der Waals surface area contributed by atoms with Crippen LogP contribution in [0.2, 0.25) is 0 Å². The zero-order chi connectivity index (χ0) is 45.2. The van der Waals surface area contributed by atoms with Gasteiger partial charge < -0.3 is 63.0 Å². The van der Waals surface area contributed by atoms with Crippen LogP contribution in [0.25, 0.3) is 0 Å². The van der Waals surface area contributed by atoms with Crippen molar-refractivity contribution in [2.75, 3.05) is 0 Å². The highest BCUT2D eigenvalue weighted by molar-refractivity contribution is 6.56. The summed E-state index contributed by atoms with van der Waals surface area (Å²) in [5.74, 6) is -7.04. The third-order valence-corrected chi connectivity index (χ3v) is 15.6. The molecule has 0 radical (unpaired) electrons. The fraction of sp³-hybridized carbons (Fsp3) is 0.889. The monoisotopic (exact) mass is 880 g/mol. The largest absolute Gasteiger partial charge is 0.536 e. The molecule has 0 saturated carbocycles. The molecule has 3 spiro atoms. The SMILES string of the molecule is CC(C)[C@@H]([NH3+])C(=O)O[C@H](C)[C@@H]1CC=CCC[C@H](O)C(C)(C)[C@@H]2CC[C@@H](C)[C@]3(O2)O[B-]24OC(C(=O)O1)[C@@]1(O[C@@H](CC[C@H]1C)C(C)(C)[C@H](O)CCC[C@@H]1C[C@H](OC(=O)C3O2)[C@@H](C)O1)O4. The average Bonchev–Trinajstić information content (AvgIpc) is 3.84. The molecule has 7 aliphatic heterocycles. The zero-order valence-electron chi connectivity index (χ0n) is 38.6. The Balaban J connectivity index is 1.36. The number of fused-ring (bicyclic) bond motifs is 6. The number of aliphatic hydroxyl groups excluding tert-OH is 2. The Hall–Kier alpha value is -2.19. The maximum absolute atomic E-state index is 15.0. The van der Waals surface area contributed by atoms with Gasteiger partial charge in [0.05, 0.1) is 36.6 Å². The number of hydrogen-bond donors (Lipinski definition) is 3. The molecular weight excluding hydrogens is 805 g/mol. The van der Waals surface area contributed by atoms with E-state index in [4.69, 9.17) is 47.0 Å². The smallest absolute Gasteiger partial charge is 0.504 e. The number of carbonyl (C=O) groups excluding carboxylic acids is 3. The molecule has 352 valence electrons. The maximum atomic E-state index is 15.0. The molecule has 0 aromatic rings. The minimum Gasteiger partial charge on any atom is -0.504 e. The molecule has 9 bridgehead atoms. The fourth-order valence-electron chi connectivity index (χ4n) is 10.6. The minimum atomic E-state index is -3.52. The number of carbonyl (C=O) groups is 3. The fourth-order valence-corrected chi connectivity index (χ4v) is 10.6. The molecule has 0 amide bonds. The lowest BCUT2D eigenvalue weighted by Crippen LogP contribution is -2.68. The van der Waals surface area contributed by atoms with Gasteiger partial charge in [-0.2, -0.15) is 0 Å². The highest BCUT2D eigenvalue weighted by atomic mass is 17.0. The van der Waals surface area contributed by atoms with Crippen LogP contribution in [-0.2, 0) is 61.4 Å². The van der Waals surface area contributed by atoms with Crippen molar-refractivity contribution in [2.24, 2.45) is 28.6 Å². The van der Waals surface area contributed by atoms with E-state index in [1.165, 1.54) is 0 Å². The Kier molecular flexibility index (Phi) is 13.8. The number of cyclic esters (lactones) is 1. The van der Waals surface area contributed by atoms with Crippen LogP contribution in [0.1, 0.15) is 140 Å². The summed E-state index contributed by atoms with van der Waals surface area (Å²) in [4.78, 5) is 43.0. The Bertz CT molecular complexity index is 1680. The van der Waals surface area contributed by atoms with Crippen molar-refractivity contribution in [3.05, 3.63) is 12.2 Å². The third kappa shape index (κ3) is 8.78. The first kappa shape index (κ1) is 47.8. The molecule has 7 heterocycles. The summed E-state index contributed by atoms with van der Waals surface area (Å²) in [6.45, 7) is 15.3. The molecule has 7 rings (SSSR count). The van der Waals surface area contributed by atoms with E-state index in [0.717, 1.165) is 0 Å². The van der Waals surface area contributed by atoms with Gasteiger partial charge in [0.1, 0.15) is 18.3 Å². The van der Waals surface area contributed by atoms with Crippen molar-refractivity contribution in [1.82, 2.24) is 0 Å². The summed E-state index contributed by atoms with van der Waals surface area (Å²) in [7, 11) is 0. The molecule has 7 aliphatic rings. The lowest BCUT2D eigenvalue weighted by molar-refractivity contribution is -0.419. The van der Waals surface area contributed by atoms with Gasteiger partial charge in [-0.25, -0.2) is 14.4 Å². The predicted molar refractivity (Wildman–Crippen MR) is 222 cm³/mol. The second kappa shape index (κ2) is 17.9. The number of rotatable bonds is 4. The van der Waals surface area contributed by atoms with Gasteiger partial charge in [-0.1, -0.05) is 67.5 Å². The van der Waals surface area contributed by atoms with Crippen LogP contribution >= 0.6 is 0 Å². The van der Waals surface area contributed by atoms with E-state index in [1.54, 1.807) is 6.92 Å². The first-order valence-corrected chi connectivity index (χ1v) is 23.4. The number of ether oxygens (including phenoxy) is 6. The van der Waals surface area contributed by atoms with Gasteiger partial charge >= 0.3 is 24.9 Å². The van der Waals surface area contributed by atoms with Gasteiger partial charge in [-0.15, -0.1) is 0 Å². The molecule has 3 unspecified atom stereocenters. The zero-order valence-corrected chi connectivity index (χ0v) is 38.6. The van der Waals surface area contributed by atoms with Crippen molar-refractivity contribution in [1.29, 1.82) is 0 Å². The van der Waals surface area contributed by atoms with E-state index in [-0.39, 0.29) is 18.4 Å². The predicted octanol–water partition coefficient (Wildman–Crippen LogP) is 4.17. The van der Waals surface area contributed by atoms with Gasteiger partial charge in [0.25, 0.3) is 0 Å². The summed E-state index contributed by atoms with van der Waals surface area (Å²) in [5, 5.41) is 23.6. The van der Waals surface area contributed by atoms with Crippen LogP contribution in [0.4, 0.5) is 0 Å². The van der Waals surface area contributed by atoms with Gasteiger partial charge in [0, 0.05) is 41.4 Å².